The molecule has 2 N–H and O–H groups in total. The van der Waals surface area contributed by atoms with E-state index in [1.807, 2.05) is 39.0 Å². The summed E-state index contributed by atoms with van der Waals surface area (Å²) in [5, 5.41) is 1.42. The van der Waals surface area contributed by atoms with Gasteiger partial charge in [-0.15, -0.1) is 0 Å². The third kappa shape index (κ3) is 6.60. The highest BCUT2D eigenvalue weighted by Crippen LogP contribution is 2.45. The first-order valence-electron chi connectivity index (χ1n) is 14.2. The number of carbonyl (C=O) groups is 3. The minimum absolute atomic E-state index is 0.0122. The zero-order valence-electron chi connectivity index (χ0n) is 25.5. The van der Waals surface area contributed by atoms with E-state index < -0.39 is 39.6 Å². The summed E-state index contributed by atoms with van der Waals surface area (Å²) in [4.78, 5) is 41.8. The van der Waals surface area contributed by atoms with E-state index in [2.05, 4.69) is 0 Å². The van der Waals surface area contributed by atoms with Crippen LogP contribution in [0.2, 0.25) is 0 Å². The molecule has 0 aromatic heterocycles. The van der Waals surface area contributed by atoms with Gasteiger partial charge in [0.25, 0.3) is 5.78 Å². The minimum Gasteiger partial charge on any atom is -0.492 e. The lowest BCUT2D eigenvalue weighted by Gasteiger charge is -2.32. The summed E-state index contributed by atoms with van der Waals surface area (Å²) in [6, 6.07) is 24.4. The highest BCUT2D eigenvalue weighted by atomic mass is 32.2. The molecule has 0 spiro atoms. The Balaban J connectivity index is 2.05. The van der Waals surface area contributed by atoms with Gasteiger partial charge >= 0.3 is 5.91 Å². The lowest BCUT2D eigenvalue weighted by Crippen LogP contribution is -2.40. The summed E-state index contributed by atoms with van der Waals surface area (Å²) < 4.78 is 33.8. The Morgan fingerprint density at radius 2 is 1.48 bits per heavy atom. The number of ketones is 1. The van der Waals surface area contributed by atoms with Crippen molar-refractivity contribution >= 4 is 55.5 Å². The van der Waals surface area contributed by atoms with Crippen molar-refractivity contribution in [1.82, 2.24) is 0 Å². The third-order valence-corrected chi connectivity index (χ3v) is 9.09. The molecule has 4 aromatic rings. The summed E-state index contributed by atoms with van der Waals surface area (Å²) in [6.45, 7) is 6.86. The maximum absolute atomic E-state index is 14.4. The molecular formula is C34H37N3O6S. The molecule has 0 saturated heterocycles. The number of ether oxygens (including phenoxy) is 1. The number of carbonyl (C=O) groups excluding carboxylic acids is 3. The number of Topliss-reactive ketones (excluding diaryl/α,β-unsaturated/α-hetero) is 1. The fraction of sp³-hybridized carbons (Fsp3) is 0.265. The second-order valence-corrected chi connectivity index (χ2v) is 13.4. The van der Waals surface area contributed by atoms with E-state index in [1.165, 1.54) is 12.0 Å². The number of nitrogens with zero attached hydrogens (tertiary/aromatic N) is 2. The van der Waals surface area contributed by atoms with E-state index in [1.54, 1.807) is 73.7 Å². The maximum Gasteiger partial charge on any atom is 0.304 e. The number of benzene rings is 4. The van der Waals surface area contributed by atoms with Gasteiger partial charge < -0.3 is 10.5 Å². The molecule has 230 valence electrons. The molecule has 0 unspecified atom stereocenters. The van der Waals surface area contributed by atoms with E-state index in [-0.39, 0.29) is 28.4 Å². The average Bonchev–Trinajstić information content (AvgIpc) is 2.98. The van der Waals surface area contributed by atoms with Crippen LogP contribution in [0.4, 0.5) is 17.1 Å². The van der Waals surface area contributed by atoms with Crippen molar-refractivity contribution in [1.29, 1.82) is 0 Å². The molecule has 0 saturated carbocycles. The van der Waals surface area contributed by atoms with E-state index in [0.717, 1.165) is 9.69 Å². The van der Waals surface area contributed by atoms with Gasteiger partial charge in [0.1, 0.15) is 6.54 Å². The Kier molecular flexibility index (Phi) is 9.44. The molecule has 0 aliphatic heterocycles. The number of amides is 2. The van der Waals surface area contributed by atoms with Crippen LogP contribution in [0.25, 0.3) is 10.8 Å². The number of fused-ring (bicyclic) bond motifs is 1. The van der Waals surface area contributed by atoms with Gasteiger partial charge in [0, 0.05) is 11.3 Å². The Morgan fingerprint density at radius 1 is 0.864 bits per heavy atom. The first-order valence-corrected chi connectivity index (χ1v) is 15.8. The number of nitrogens with two attached hydrogens (primary N) is 1. The lowest BCUT2D eigenvalue weighted by atomic mass is 9.86. The fourth-order valence-electron chi connectivity index (χ4n) is 5.02. The van der Waals surface area contributed by atoms with Gasteiger partial charge in [-0.05, 0) is 52.4 Å². The Labute approximate surface area is 258 Å². The molecule has 10 heteroatoms. The van der Waals surface area contributed by atoms with Crippen LogP contribution in [-0.4, -0.2) is 45.4 Å². The average molecular weight is 616 g/mol. The van der Waals surface area contributed by atoms with Gasteiger partial charge in [-0.25, -0.2) is 8.42 Å². The summed E-state index contributed by atoms with van der Waals surface area (Å²) in [5.41, 5.74) is 6.38. The van der Waals surface area contributed by atoms with Gasteiger partial charge in [-0.3, -0.25) is 23.6 Å². The molecule has 0 fully saturated rings. The number of methoxy groups -OCH3 is 1. The third-order valence-electron chi connectivity index (χ3n) is 7.17. The second kappa shape index (κ2) is 12.9. The Morgan fingerprint density at radius 3 is 2.09 bits per heavy atom. The van der Waals surface area contributed by atoms with Crippen molar-refractivity contribution in [2.75, 3.05) is 28.6 Å². The molecule has 0 heterocycles. The highest BCUT2D eigenvalue weighted by molar-refractivity contribution is 7.92. The highest BCUT2D eigenvalue weighted by Gasteiger charge is 2.35. The molecule has 9 nitrogen and oxygen atoms in total. The molecule has 0 aliphatic rings. The molecular weight excluding hydrogens is 578 g/mol. The van der Waals surface area contributed by atoms with Crippen LogP contribution >= 0.6 is 0 Å². The van der Waals surface area contributed by atoms with Gasteiger partial charge in [-0.1, -0.05) is 88.4 Å². The predicted molar refractivity (Wildman–Crippen MR) is 174 cm³/mol. The summed E-state index contributed by atoms with van der Waals surface area (Å²) in [6.07, 6.45) is 0.292. The Bertz CT molecular complexity index is 1810. The van der Waals surface area contributed by atoms with Crippen LogP contribution in [0, 0.1) is 0 Å². The second-order valence-electron chi connectivity index (χ2n) is 11.4. The van der Waals surface area contributed by atoms with Crippen molar-refractivity contribution < 1.29 is 27.5 Å². The SMILES string of the molecule is CCCS(=O)(=O)N(CC(N)=O)c1cc(C(C)(C)C)cc(N(C(=O)C(=O)c2cccc3ccccc23)c2ccccc2)c1OC. The topological polar surface area (TPSA) is 127 Å². The fourth-order valence-corrected chi connectivity index (χ4v) is 6.51. The largest absolute Gasteiger partial charge is 0.492 e. The first kappa shape index (κ1) is 32.2. The smallest absolute Gasteiger partial charge is 0.304 e. The monoisotopic (exact) mass is 615 g/mol. The number of anilines is 3. The zero-order chi connectivity index (χ0) is 32.2. The van der Waals surface area contributed by atoms with Crippen molar-refractivity contribution in [3.63, 3.8) is 0 Å². The Hall–Kier alpha value is -4.70. The van der Waals surface area contributed by atoms with E-state index in [4.69, 9.17) is 10.5 Å². The summed E-state index contributed by atoms with van der Waals surface area (Å²) in [7, 11) is -2.70. The molecule has 0 atom stereocenters. The lowest BCUT2D eigenvalue weighted by molar-refractivity contribution is -0.116. The summed E-state index contributed by atoms with van der Waals surface area (Å²) >= 11 is 0. The number of hydrogen-bond donors (Lipinski definition) is 1. The van der Waals surface area contributed by atoms with Crippen molar-refractivity contribution in [2.45, 2.75) is 39.5 Å². The molecule has 0 bridgehead atoms. The predicted octanol–water partition coefficient (Wildman–Crippen LogP) is 5.73. The van der Waals surface area contributed by atoms with Crippen LogP contribution in [0.5, 0.6) is 5.75 Å². The van der Waals surface area contributed by atoms with Crippen molar-refractivity contribution in [3.05, 3.63) is 96.1 Å². The molecule has 0 radical (unpaired) electrons. The van der Waals surface area contributed by atoms with Gasteiger partial charge in [0.2, 0.25) is 15.9 Å². The minimum atomic E-state index is -4.04. The molecule has 2 amide bonds. The molecule has 4 rings (SSSR count). The van der Waals surface area contributed by atoms with Crippen LogP contribution in [0.15, 0.2) is 84.9 Å². The van der Waals surface area contributed by atoms with Gasteiger partial charge in [0.15, 0.2) is 5.75 Å². The van der Waals surface area contributed by atoms with Crippen LogP contribution < -0.4 is 19.7 Å². The van der Waals surface area contributed by atoms with Crippen molar-refractivity contribution in [3.8, 4) is 5.75 Å². The number of sulfonamides is 1. The molecule has 44 heavy (non-hydrogen) atoms. The normalized spacial score (nSPS) is 11.7. The zero-order valence-corrected chi connectivity index (χ0v) is 26.4. The number of rotatable bonds is 11. The van der Waals surface area contributed by atoms with Crippen LogP contribution in [-0.2, 0) is 25.0 Å². The van der Waals surface area contributed by atoms with Crippen LogP contribution in [0.3, 0.4) is 0 Å². The van der Waals surface area contributed by atoms with Crippen LogP contribution in [0.1, 0.15) is 50.0 Å². The van der Waals surface area contributed by atoms with Gasteiger partial charge in [0.05, 0.1) is 24.2 Å². The standard InChI is InChI=1S/C34H37N3O6S/c1-6-19-44(41,42)36(22-30(35)38)28-20-24(34(2,3)4)21-29(32(28)43-5)37(25-15-8-7-9-16-25)33(40)31(39)27-18-12-14-23-13-10-11-17-26(23)27/h7-18,20-21H,6,19,22H2,1-5H3,(H2,35,38). The maximum atomic E-state index is 14.4. The van der Waals surface area contributed by atoms with E-state index in [9.17, 15) is 22.8 Å². The first-order chi connectivity index (χ1) is 20.8. The quantitative estimate of drug-likeness (QED) is 0.170. The summed E-state index contributed by atoms with van der Waals surface area (Å²) in [5.74, 6) is -2.76. The van der Waals surface area contributed by atoms with Crippen molar-refractivity contribution in [2.24, 2.45) is 5.73 Å². The van der Waals surface area contributed by atoms with E-state index in [0.29, 0.717) is 23.1 Å². The molecule has 4 aromatic carbocycles. The number of para-hydroxylation sites is 1. The van der Waals surface area contributed by atoms with Gasteiger partial charge in [-0.2, -0.15) is 0 Å². The molecule has 0 aliphatic carbocycles. The number of hydrogen-bond acceptors (Lipinski definition) is 6. The van der Waals surface area contributed by atoms with E-state index >= 15 is 0 Å². The number of primary amides is 1.